The van der Waals surface area contributed by atoms with Crippen LogP contribution in [0.3, 0.4) is 0 Å². The molecular weight excluding hydrogens is 356 g/mol. The van der Waals surface area contributed by atoms with Gasteiger partial charge in [0.15, 0.2) is 5.78 Å². The number of carbonyl (C=O) groups excluding carboxylic acids is 2. The molecular formula is C27H42O2. The van der Waals surface area contributed by atoms with Crippen LogP contribution in [0.2, 0.25) is 0 Å². The summed E-state index contributed by atoms with van der Waals surface area (Å²) in [6.45, 7) is 11.7. The van der Waals surface area contributed by atoms with Crippen molar-refractivity contribution in [1.29, 1.82) is 0 Å². The SMILES string of the molecule is CC(C)CCC1=C2CC[C@H]3[C@@H]4CC[C@H]([C@H](C)C=O)[C@@]4(C)CC[C@@H]3[C@@]2(C)CCC1=O. The molecule has 0 amide bonds. The van der Waals surface area contributed by atoms with Gasteiger partial charge in [0.2, 0.25) is 0 Å². The van der Waals surface area contributed by atoms with Crippen LogP contribution in [0.4, 0.5) is 0 Å². The van der Waals surface area contributed by atoms with Gasteiger partial charge in [-0.2, -0.15) is 0 Å². The second-order valence-corrected chi connectivity index (χ2v) is 11.9. The fraction of sp³-hybridized carbons (Fsp3) is 0.852. The zero-order valence-electron chi connectivity index (χ0n) is 19.4. The summed E-state index contributed by atoms with van der Waals surface area (Å²) in [6.07, 6.45) is 12.7. The van der Waals surface area contributed by atoms with E-state index in [1.165, 1.54) is 44.0 Å². The first-order valence-corrected chi connectivity index (χ1v) is 12.4. The smallest absolute Gasteiger partial charge is 0.158 e. The van der Waals surface area contributed by atoms with Gasteiger partial charge in [0.25, 0.3) is 0 Å². The minimum atomic E-state index is 0.200. The number of Topliss-reactive ketones (excluding diaryl/α,β-unsaturated/α-hetero) is 1. The molecule has 29 heavy (non-hydrogen) atoms. The maximum atomic E-state index is 12.9. The molecule has 0 bridgehead atoms. The summed E-state index contributed by atoms with van der Waals surface area (Å²) in [5.74, 6) is 4.21. The quantitative estimate of drug-likeness (QED) is 0.479. The molecule has 2 nitrogen and oxygen atoms in total. The summed E-state index contributed by atoms with van der Waals surface area (Å²) < 4.78 is 0. The molecule has 0 aromatic carbocycles. The fourth-order valence-corrected chi connectivity index (χ4v) is 8.55. The van der Waals surface area contributed by atoms with E-state index in [0.29, 0.717) is 23.0 Å². The van der Waals surface area contributed by atoms with Crippen LogP contribution in [0.25, 0.3) is 0 Å². The molecule has 3 saturated carbocycles. The summed E-state index contributed by atoms with van der Waals surface area (Å²) in [5, 5.41) is 0. The maximum absolute atomic E-state index is 12.9. The maximum Gasteiger partial charge on any atom is 0.158 e. The predicted molar refractivity (Wildman–Crippen MR) is 118 cm³/mol. The van der Waals surface area contributed by atoms with Crippen LogP contribution in [0.1, 0.15) is 98.8 Å². The topological polar surface area (TPSA) is 34.1 Å². The first kappa shape index (κ1) is 21.3. The number of fused-ring (bicyclic) bond motifs is 5. The number of ketones is 1. The Morgan fingerprint density at radius 2 is 1.76 bits per heavy atom. The molecule has 4 aliphatic rings. The van der Waals surface area contributed by atoms with E-state index in [9.17, 15) is 9.59 Å². The van der Waals surface area contributed by atoms with E-state index in [0.717, 1.165) is 49.9 Å². The predicted octanol–water partition coefficient (Wildman–Crippen LogP) is 6.78. The summed E-state index contributed by atoms with van der Waals surface area (Å²) in [4.78, 5) is 24.4. The molecule has 0 spiro atoms. The van der Waals surface area contributed by atoms with Gasteiger partial charge in [-0.05, 0) is 104 Å². The molecule has 0 aromatic heterocycles. The third-order valence-corrected chi connectivity index (χ3v) is 10.1. The number of hydrogen-bond donors (Lipinski definition) is 0. The summed E-state index contributed by atoms with van der Waals surface area (Å²) in [5.41, 5.74) is 3.40. The summed E-state index contributed by atoms with van der Waals surface area (Å²) >= 11 is 0. The average molecular weight is 399 g/mol. The molecule has 0 aliphatic heterocycles. The van der Waals surface area contributed by atoms with Crippen molar-refractivity contribution in [3.05, 3.63) is 11.1 Å². The van der Waals surface area contributed by atoms with Crippen molar-refractivity contribution in [3.8, 4) is 0 Å². The van der Waals surface area contributed by atoms with Crippen LogP contribution in [-0.2, 0) is 9.59 Å². The van der Waals surface area contributed by atoms with E-state index in [1.54, 1.807) is 5.57 Å². The highest BCUT2D eigenvalue weighted by Gasteiger charge is 2.59. The number of rotatable bonds is 5. The van der Waals surface area contributed by atoms with Gasteiger partial charge in [0.1, 0.15) is 6.29 Å². The van der Waals surface area contributed by atoms with Crippen molar-refractivity contribution < 1.29 is 9.59 Å². The lowest BCUT2D eigenvalue weighted by Gasteiger charge is -2.59. The molecule has 0 unspecified atom stereocenters. The van der Waals surface area contributed by atoms with Crippen molar-refractivity contribution >= 4 is 12.1 Å². The average Bonchev–Trinajstić information content (AvgIpc) is 3.04. The molecule has 3 fully saturated rings. The van der Waals surface area contributed by atoms with Gasteiger partial charge in [-0.3, -0.25) is 4.79 Å². The van der Waals surface area contributed by atoms with Gasteiger partial charge >= 0.3 is 0 Å². The van der Waals surface area contributed by atoms with Crippen molar-refractivity contribution in [3.63, 3.8) is 0 Å². The minimum absolute atomic E-state index is 0.200. The number of carbonyl (C=O) groups is 2. The zero-order valence-corrected chi connectivity index (χ0v) is 19.4. The van der Waals surface area contributed by atoms with Crippen LogP contribution in [0, 0.1) is 46.3 Å². The second-order valence-electron chi connectivity index (χ2n) is 11.9. The molecule has 7 atom stereocenters. The molecule has 0 N–H and O–H groups in total. The largest absolute Gasteiger partial charge is 0.303 e. The molecule has 0 saturated heterocycles. The van der Waals surface area contributed by atoms with Gasteiger partial charge in [0, 0.05) is 12.3 Å². The van der Waals surface area contributed by atoms with Crippen molar-refractivity contribution in [2.75, 3.05) is 0 Å². The van der Waals surface area contributed by atoms with Crippen LogP contribution < -0.4 is 0 Å². The standard InChI is InChI=1S/C27H42O2/c1-17(2)6-7-20-23-9-8-19-22-11-10-21(18(3)16-28)26(22,4)14-12-24(19)27(23,5)15-13-25(20)29/h16-19,21-22,24H,6-15H2,1-5H3/t18-,19+,21-,22+,24+,26-,27+/m1/s1. The van der Waals surface area contributed by atoms with E-state index in [1.807, 2.05) is 0 Å². The Kier molecular flexibility index (Phi) is 5.62. The highest BCUT2D eigenvalue weighted by atomic mass is 16.1. The molecule has 0 radical (unpaired) electrons. The lowest BCUT2D eigenvalue weighted by Crippen LogP contribution is -2.51. The van der Waals surface area contributed by atoms with Crippen molar-refractivity contribution in [2.45, 2.75) is 98.8 Å². The Morgan fingerprint density at radius 1 is 1.00 bits per heavy atom. The molecule has 4 rings (SSSR count). The Hall–Kier alpha value is -0.920. The Morgan fingerprint density at radius 3 is 2.45 bits per heavy atom. The van der Waals surface area contributed by atoms with Gasteiger partial charge in [0.05, 0.1) is 0 Å². The van der Waals surface area contributed by atoms with E-state index >= 15 is 0 Å². The third-order valence-electron chi connectivity index (χ3n) is 10.1. The van der Waals surface area contributed by atoms with Crippen LogP contribution in [0.15, 0.2) is 11.1 Å². The van der Waals surface area contributed by atoms with E-state index in [2.05, 4.69) is 34.6 Å². The Bertz CT molecular complexity index is 703. The van der Waals surface area contributed by atoms with Gasteiger partial charge in [-0.25, -0.2) is 0 Å². The summed E-state index contributed by atoms with van der Waals surface area (Å²) in [7, 11) is 0. The Labute approximate surface area is 178 Å². The lowest BCUT2D eigenvalue weighted by molar-refractivity contribution is -0.119. The Balaban J connectivity index is 1.63. The van der Waals surface area contributed by atoms with Gasteiger partial charge in [-0.1, -0.05) is 40.2 Å². The third kappa shape index (κ3) is 3.28. The molecule has 2 heteroatoms. The normalized spacial score (nSPS) is 43.0. The second kappa shape index (κ2) is 7.65. The lowest BCUT2D eigenvalue weighted by atomic mass is 9.46. The molecule has 0 heterocycles. The molecule has 0 aromatic rings. The highest BCUT2D eigenvalue weighted by Crippen LogP contribution is 2.67. The number of allylic oxidation sites excluding steroid dienone is 1. The van der Waals surface area contributed by atoms with Crippen molar-refractivity contribution in [2.24, 2.45) is 46.3 Å². The monoisotopic (exact) mass is 398 g/mol. The number of hydrogen-bond acceptors (Lipinski definition) is 2. The first-order valence-electron chi connectivity index (χ1n) is 12.4. The van der Waals surface area contributed by atoms with Crippen molar-refractivity contribution in [1.82, 2.24) is 0 Å². The summed E-state index contributed by atoms with van der Waals surface area (Å²) in [6, 6.07) is 0. The minimum Gasteiger partial charge on any atom is -0.303 e. The zero-order chi connectivity index (χ0) is 21.0. The number of aldehydes is 1. The van der Waals surface area contributed by atoms with Crippen LogP contribution in [0.5, 0.6) is 0 Å². The van der Waals surface area contributed by atoms with E-state index in [4.69, 9.17) is 0 Å². The van der Waals surface area contributed by atoms with Crippen LogP contribution in [-0.4, -0.2) is 12.1 Å². The highest BCUT2D eigenvalue weighted by molar-refractivity contribution is 5.97. The van der Waals surface area contributed by atoms with E-state index in [-0.39, 0.29) is 11.3 Å². The van der Waals surface area contributed by atoms with Gasteiger partial charge in [-0.15, -0.1) is 0 Å². The van der Waals surface area contributed by atoms with Crippen LogP contribution >= 0.6 is 0 Å². The first-order chi connectivity index (χ1) is 13.7. The molecule has 162 valence electrons. The van der Waals surface area contributed by atoms with Gasteiger partial charge < -0.3 is 4.79 Å². The fourth-order valence-electron chi connectivity index (χ4n) is 8.55. The molecule has 4 aliphatic carbocycles. The van der Waals surface area contributed by atoms with E-state index < -0.39 is 0 Å².